The highest BCUT2D eigenvalue weighted by Gasteiger charge is 2.29. The fraction of sp³-hybridized carbons (Fsp3) is 0.533. The van der Waals surface area contributed by atoms with E-state index in [9.17, 15) is 14.3 Å². The lowest BCUT2D eigenvalue weighted by Gasteiger charge is -2.36. The number of amides is 1. The van der Waals surface area contributed by atoms with Crippen molar-refractivity contribution in [3.63, 3.8) is 0 Å². The Morgan fingerprint density at radius 3 is 2.85 bits per heavy atom. The number of nitrogens with zero attached hydrogens (tertiary/aromatic N) is 1. The molecular formula is C15H21FN2O2. The van der Waals surface area contributed by atoms with Gasteiger partial charge in [0.25, 0.3) is 0 Å². The number of nitrogens with one attached hydrogen (secondary N) is 1. The molecule has 0 aromatic heterocycles. The van der Waals surface area contributed by atoms with Crippen molar-refractivity contribution in [1.82, 2.24) is 5.32 Å². The first kappa shape index (κ1) is 14.8. The number of aliphatic hydroxyl groups is 1. The van der Waals surface area contributed by atoms with Gasteiger partial charge in [0.15, 0.2) is 0 Å². The van der Waals surface area contributed by atoms with E-state index in [0.717, 1.165) is 19.3 Å². The summed E-state index contributed by atoms with van der Waals surface area (Å²) in [5, 5.41) is 12.1. The van der Waals surface area contributed by atoms with Crippen molar-refractivity contribution in [1.29, 1.82) is 0 Å². The molecule has 0 radical (unpaired) electrons. The summed E-state index contributed by atoms with van der Waals surface area (Å²) in [5.74, 6) is -0.470. The van der Waals surface area contributed by atoms with E-state index >= 15 is 0 Å². The van der Waals surface area contributed by atoms with E-state index in [4.69, 9.17) is 0 Å². The molecule has 2 N–H and O–H groups in total. The number of benzene rings is 1. The number of halogens is 1. The second-order valence-electron chi connectivity index (χ2n) is 5.21. The van der Waals surface area contributed by atoms with Crippen LogP contribution >= 0.6 is 0 Å². The van der Waals surface area contributed by atoms with Gasteiger partial charge in [0, 0.05) is 13.6 Å². The summed E-state index contributed by atoms with van der Waals surface area (Å²) in [6, 6.07) is 4.38. The van der Waals surface area contributed by atoms with Crippen LogP contribution in [0, 0.1) is 5.82 Å². The molecule has 4 nitrogen and oxygen atoms in total. The predicted molar refractivity (Wildman–Crippen MR) is 76.1 cm³/mol. The summed E-state index contributed by atoms with van der Waals surface area (Å²) in [5.41, 5.74) is 0.974. The van der Waals surface area contributed by atoms with Gasteiger partial charge >= 0.3 is 0 Å². The second kappa shape index (κ2) is 6.22. The van der Waals surface area contributed by atoms with E-state index in [1.165, 1.54) is 6.07 Å². The molecule has 2 atom stereocenters. The lowest BCUT2D eigenvalue weighted by atomic mass is 9.99. The summed E-state index contributed by atoms with van der Waals surface area (Å²) >= 11 is 0. The Labute approximate surface area is 118 Å². The van der Waals surface area contributed by atoms with Crippen molar-refractivity contribution < 1.29 is 14.3 Å². The molecule has 1 aromatic rings. The number of hydrogen-bond acceptors (Lipinski definition) is 3. The van der Waals surface area contributed by atoms with Gasteiger partial charge in [-0.15, -0.1) is 0 Å². The molecule has 0 bridgehead atoms. The highest BCUT2D eigenvalue weighted by Crippen LogP contribution is 2.29. The van der Waals surface area contributed by atoms with Crippen molar-refractivity contribution in [2.45, 2.75) is 38.3 Å². The summed E-state index contributed by atoms with van der Waals surface area (Å²) in [6.45, 7) is 2.27. The first-order valence-electron chi connectivity index (χ1n) is 7.00. The van der Waals surface area contributed by atoms with E-state index in [1.54, 1.807) is 26.1 Å². The van der Waals surface area contributed by atoms with Crippen LogP contribution in [-0.4, -0.2) is 30.6 Å². The summed E-state index contributed by atoms with van der Waals surface area (Å²) in [7, 11) is 1.60. The first-order chi connectivity index (χ1) is 9.54. The van der Waals surface area contributed by atoms with E-state index in [0.29, 0.717) is 17.8 Å². The Kier molecular flexibility index (Phi) is 4.60. The zero-order valence-corrected chi connectivity index (χ0v) is 11.9. The molecule has 2 rings (SSSR count). The molecule has 110 valence electrons. The number of carbonyl (C=O) groups excluding carboxylic acids is 1. The predicted octanol–water partition coefficient (Wildman–Crippen LogP) is 1.98. The van der Waals surface area contributed by atoms with Gasteiger partial charge in [0.2, 0.25) is 5.91 Å². The second-order valence-corrected chi connectivity index (χ2v) is 5.21. The van der Waals surface area contributed by atoms with Gasteiger partial charge in [-0.2, -0.15) is 0 Å². The van der Waals surface area contributed by atoms with Gasteiger partial charge in [0.1, 0.15) is 11.9 Å². The zero-order valence-electron chi connectivity index (χ0n) is 11.9. The fourth-order valence-corrected chi connectivity index (χ4v) is 2.68. The molecular weight excluding hydrogens is 259 g/mol. The van der Waals surface area contributed by atoms with E-state index in [-0.39, 0.29) is 17.8 Å². The summed E-state index contributed by atoms with van der Waals surface area (Å²) in [6.07, 6.45) is 1.96. The molecule has 1 saturated heterocycles. The lowest BCUT2D eigenvalue weighted by molar-refractivity contribution is -0.122. The first-order valence-corrected chi connectivity index (χ1v) is 7.00. The van der Waals surface area contributed by atoms with E-state index in [1.807, 2.05) is 4.90 Å². The number of rotatable bonds is 3. The van der Waals surface area contributed by atoms with Crippen molar-refractivity contribution >= 4 is 11.6 Å². The van der Waals surface area contributed by atoms with Crippen LogP contribution in [0.1, 0.15) is 37.9 Å². The topological polar surface area (TPSA) is 52.6 Å². The minimum atomic E-state index is -0.699. The number of aliphatic hydroxyl groups excluding tert-OH is 1. The lowest BCUT2D eigenvalue weighted by Crippen LogP contribution is -2.49. The molecule has 1 amide bonds. The number of hydrogen-bond donors (Lipinski definition) is 2. The Balaban J connectivity index is 2.30. The highest BCUT2D eigenvalue weighted by atomic mass is 19.1. The zero-order chi connectivity index (χ0) is 14.7. The summed E-state index contributed by atoms with van der Waals surface area (Å²) in [4.78, 5) is 13.7. The van der Waals surface area contributed by atoms with Gasteiger partial charge in [-0.1, -0.05) is 6.07 Å². The standard InChI is InChI=1S/C15H21FN2O2/c1-10(19)11-6-7-13(12(16)9-11)18-8-4-3-5-14(18)15(20)17-2/h6-7,9-10,14,19H,3-5,8H2,1-2H3,(H,17,20)/t10-,14?/m1/s1. The number of carbonyl (C=O) groups is 1. The average Bonchev–Trinajstić information content (AvgIpc) is 2.46. The summed E-state index contributed by atoms with van der Waals surface area (Å²) < 4.78 is 14.3. The molecule has 20 heavy (non-hydrogen) atoms. The van der Waals surface area contributed by atoms with Gasteiger partial charge in [-0.25, -0.2) is 4.39 Å². The maximum Gasteiger partial charge on any atom is 0.242 e. The molecule has 0 saturated carbocycles. The molecule has 0 aliphatic carbocycles. The van der Waals surface area contributed by atoms with Crippen molar-refractivity contribution in [3.8, 4) is 0 Å². The monoisotopic (exact) mass is 280 g/mol. The average molecular weight is 280 g/mol. The van der Waals surface area contributed by atoms with Crippen LogP contribution in [0.2, 0.25) is 0 Å². The van der Waals surface area contributed by atoms with Gasteiger partial charge < -0.3 is 15.3 Å². The highest BCUT2D eigenvalue weighted by molar-refractivity contribution is 5.85. The third-order valence-corrected chi connectivity index (χ3v) is 3.82. The number of piperidine rings is 1. The van der Waals surface area contributed by atoms with Crippen molar-refractivity contribution in [3.05, 3.63) is 29.6 Å². The smallest absolute Gasteiger partial charge is 0.242 e. The Hall–Kier alpha value is -1.62. The normalized spacial score (nSPS) is 20.6. The maximum atomic E-state index is 14.3. The molecule has 1 aliphatic rings. The number of likely N-dealkylation sites (N-methyl/N-ethyl adjacent to an activating group) is 1. The number of anilines is 1. The fourth-order valence-electron chi connectivity index (χ4n) is 2.68. The molecule has 1 fully saturated rings. The SMILES string of the molecule is CNC(=O)C1CCCCN1c1ccc([C@@H](C)O)cc1F. The molecule has 1 aromatic carbocycles. The van der Waals surface area contributed by atoms with Crippen LogP contribution in [0.3, 0.4) is 0 Å². The van der Waals surface area contributed by atoms with Crippen LogP contribution in [-0.2, 0) is 4.79 Å². The third-order valence-electron chi connectivity index (χ3n) is 3.82. The largest absolute Gasteiger partial charge is 0.389 e. The van der Waals surface area contributed by atoms with Crippen LogP contribution < -0.4 is 10.2 Å². The molecule has 0 spiro atoms. The van der Waals surface area contributed by atoms with Gasteiger partial charge in [-0.05, 0) is 43.9 Å². The van der Waals surface area contributed by atoms with Crippen LogP contribution in [0.4, 0.5) is 10.1 Å². The van der Waals surface area contributed by atoms with Crippen LogP contribution in [0.25, 0.3) is 0 Å². The third kappa shape index (κ3) is 2.93. The van der Waals surface area contributed by atoms with Gasteiger partial charge in [-0.3, -0.25) is 4.79 Å². The van der Waals surface area contributed by atoms with E-state index < -0.39 is 6.10 Å². The van der Waals surface area contributed by atoms with Crippen LogP contribution in [0.15, 0.2) is 18.2 Å². The Morgan fingerprint density at radius 1 is 1.50 bits per heavy atom. The van der Waals surface area contributed by atoms with Crippen LogP contribution in [0.5, 0.6) is 0 Å². The Morgan fingerprint density at radius 2 is 2.25 bits per heavy atom. The van der Waals surface area contributed by atoms with E-state index in [2.05, 4.69) is 5.32 Å². The Bertz CT molecular complexity index is 491. The maximum absolute atomic E-state index is 14.3. The molecule has 5 heteroatoms. The van der Waals surface area contributed by atoms with Gasteiger partial charge in [0.05, 0.1) is 11.8 Å². The van der Waals surface area contributed by atoms with Crippen molar-refractivity contribution in [2.75, 3.05) is 18.5 Å². The molecule has 1 unspecified atom stereocenters. The molecule has 1 heterocycles. The quantitative estimate of drug-likeness (QED) is 0.890. The minimum absolute atomic E-state index is 0.0799. The molecule has 1 aliphatic heterocycles. The minimum Gasteiger partial charge on any atom is -0.389 e. The van der Waals surface area contributed by atoms with Crippen molar-refractivity contribution in [2.24, 2.45) is 0 Å².